The van der Waals surface area contributed by atoms with E-state index in [1.807, 2.05) is 30.3 Å². The van der Waals surface area contributed by atoms with Crippen LogP contribution in [0.1, 0.15) is 0 Å². The SMILES string of the molecule is Br.c1ccc(-c2cnnnn2)cc1. The van der Waals surface area contributed by atoms with Crippen molar-refractivity contribution in [3.63, 3.8) is 0 Å². The zero-order valence-electron chi connectivity index (χ0n) is 6.66. The van der Waals surface area contributed by atoms with Crippen molar-refractivity contribution >= 4 is 17.0 Å². The summed E-state index contributed by atoms with van der Waals surface area (Å²) < 4.78 is 0. The van der Waals surface area contributed by atoms with E-state index in [1.165, 1.54) is 0 Å². The van der Waals surface area contributed by atoms with Crippen molar-refractivity contribution in [3.05, 3.63) is 36.5 Å². The molecule has 4 nitrogen and oxygen atoms in total. The van der Waals surface area contributed by atoms with Crippen LogP contribution in [0.4, 0.5) is 0 Å². The minimum atomic E-state index is 0. The first-order chi connectivity index (χ1) is 5.97. The van der Waals surface area contributed by atoms with Crippen LogP contribution >= 0.6 is 17.0 Å². The molecular formula is C8H7BrN4. The molecule has 0 aliphatic carbocycles. The lowest BCUT2D eigenvalue weighted by Gasteiger charge is -1.94. The zero-order chi connectivity index (χ0) is 8.23. The Kier molecular flexibility index (Phi) is 3.45. The van der Waals surface area contributed by atoms with E-state index in [0.717, 1.165) is 11.3 Å². The van der Waals surface area contributed by atoms with Crippen LogP contribution in [0, 0.1) is 0 Å². The summed E-state index contributed by atoms with van der Waals surface area (Å²) in [7, 11) is 0. The third kappa shape index (κ3) is 2.29. The monoisotopic (exact) mass is 238 g/mol. The quantitative estimate of drug-likeness (QED) is 0.756. The largest absolute Gasteiger partial charge is 0.135 e. The average molecular weight is 239 g/mol. The van der Waals surface area contributed by atoms with E-state index in [2.05, 4.69) is 20.6 Å². The van der Waals surface area contributed by atoms with Crippen LogP contribution in [-0.4, -0.2) is 20.6 Å². The van der Waals surface area contributed by atoms with Gasteiger partial charge in [0, 0.05) is 5.56 Å². The highest BCUT2D eigenvalue weighted by Crippen LogP contribution is 2.12. The summed E-state index contributed by atoms with van der Waals surface area (Å²) in [5, 5.41) is 14.3. The predicted molar refractivity (Wildman–Crippen MR) is 53.4 cm³/mol. The first-order valence-corrected chi connectivity index (χ1v) is 3.53. The third-order valence-corrected chi connectivity index (χ3v) is 1.49. The predicted octanol–water partition coefficient (Wildman–Crippen LogP) is 1.51. The van der Waals surface area contributed by atoms with Crippen LogP contribution in [0.2, 0.25) is 0 Å². The number of aromatic nitrogens is 4. The highest BCUT2D eigenvalue weighted by Gasteiger charge is 1.96. The smallest absolute Gasteiger partial charge is 0.115 e. The van der Waals surface area contributed by atoms with Gasteiger partial charge in [0.25, 0.3) is 0 Å². The van der Waals surface area contributed by atoms with Gasteiger partial charge in [-0.1, -0.05) is 30.3 Å². The normalized spacial score (nSPS) is 8.92. The fourth-order valence-electron chi connectivity index (χ4n) is 0.939. The van der Waals surface area contributed by atoms with E-state index < -0.39 is 0 Å². The fraction of sp³-hybridized carbons (Fsp3) is 0. The topological polar surface area (TPSA) is 51.6 Å². The first kappa shape index (κ1) is 9.73. The number of hydrogen-bond acceptors (Lipinski definition) is 4. The van der Waals surface area contributed by atoms with E-state index in [0.29, 0.717) is 0 Å². The lowest BCUT2D eigenvalue weighted by Crippen LogP contribution is -1.92. The second-order valence-corrected chi connectivity index (χ2v) is 2.27. The highest BCUT2D eigenvalue weighted by atomic mass is 79.9. The van der Waals surface area contributed by atoms with Crippen molar-refractivity contribution in [1.82, 2.24) is 20.6 Å². The standard InChI is InChI=1S/C8H6N4.BrH/c1-2-4-7(5-3-1)8-6-9-11-12-10-8;/h1-6H;1H. The van der Waals surface area contributed by atoms with Gasteiger partial charge in [0.2, 0.25) is 0 Å². The second kappa shape index (κ2) is 4.61. The molecule has 0 unspecified atom stereocenters. The van der Waals surface area contributed by atoms with Crippen LogP contribution in [0.3, 0.4) is 0 Å². The number of halogens is 1. The van der Waals surface area contributed by atoms with Crippen LogP contribution < -0.4 is 0 Å². The number of rotatable bonds is 1. The molecule has 0 N–H and O–H groups in total. The Hall–Kier alpha value is -1.36. The molecule has 66 valence electrons. The van der Waals surface area contributed by atoms with Crippen molar-refractivity contribution in [2.75, 3.05) is 0 Å². The molecule has 0 amide bonds. The maximum Gasteiger partial charge on any atom is 0.115 e. The molecule has 0 bridgehead atoms. The Morgan fingerprint density at radius 3 is 2.31 bits per heavy atom. The summed E-state index contributed by atoms with van der Waals surface area (Å²) in [6, 6.07) is 9.73. The lowest BCUT2D eigenvalue weighted by atomic mass is 10.2. The van der Waals surface area contributed by atoms with E-state index >= 15 is 0 Å². The molecule has 1 aromatic heterocycles. The Bertz CT molecular complexity index is 314. The molecule has 2 rings (SSSR count). The number of benzene rings is 1. The first-order valence-electron chi connectivity index (χ1n) is 3.53. The van der Waals surface area contributed by atoms with Gasteiger partial charge in [-0.25, -0.2) is 0 Å². The summed E-state index contributed by atoms with van der Waals surface area (Å²) in [6.45, 7) is 0. The second-order valence-electron chi connectivity index (χ2n) is 2.27. The van der Waals surface area contributed by atoms with Gasteiger partial charge < -0.3 is 0 Å². The minimum Gasteiger partial charge on any atom is -0.135 e. The molecule has 13 heavy (non-hydrogen) atoms. The van der Waals surface area contributed by atoms with Crippen LogP contribution in [-0.2, 0) is 0 Å². The van der Waals surface area contributed by atoms with Crippen molar-refractivity contribution in [2.24, 2.45) is 0 Å². The van der Waals surface area contributed by atoms with Gasteiger partial charge >= 0.3 is 0 Å². The number of hydrogen-bond donors (Lipinski definition) is 0. The summed E-state index contributed by atoms with van der Waals surface area (Å²) in [5.74, 6) is 0. The van der Waals surface area contributed by atoms with E-state index in [9.17, 15) is 0 Å². The molecule has 2 aromatic rings. The molecule has 0 spiro atoms. The maximum absolute atomic E-state index is 3.83. The summed E-state index contributed by atoms with van der Waals surface area (Å²) in [5.41, 5.74) is 1.74. The van der Waals surface area contributed by atoms with Crippen molar-refractivity contribution in [3.8, 4) is 11.3 Å². The van der Waals surface area contributed by atoms with Crippen LogP contribution in [0.15, 0.2) is 36.5 Å². The van der Waals surface area contributed by atoms with Crippen LogP contribution in [0.5, 0.6) is 0 Å². The van der Waals surface area contributed by atoms with E-state index in [4.69, 9.17) is 0 Å². The number of nitrogens with zero attached hydrogens (tertiary/aromatic N) is 4. The Morgan fingerprint density at radius 1 is 0.923 bits per heavy atom. The minimum absolute atomic E-state index is 0. The molecule has 0 saturated carbocycles. The molecule has 1 heterocycles. The van der Waals surface area contributed by atoms with Crippen molar-refractivity contribution in [2.45, 2.75) is 0 Å². The molecule has 0 aliphatic heterocycles. The Balaban J connectivity index is 0.000000845. The Morgan fingerprint density at radius 2 is 1.69 bits per heavy atom. The van der Waals surface area contributed by atoms with E-state index in [1.54, 1.807) is 6.20 Å². The molecule has 1 aromatic carbocycles. The summed E-state index contributed by atoms with van der Waals surface area (Å²) in [4.78, 5) is 0. The van der Waals surface area contributed by atoms with Crippen molar-refractivity contribution < 1.29 is 0 Å². The van der Waals surface area contributed by atoms with Gasteiger partial charge in [0.05, 0.1) is 6.20 Å². The van der Waals surface area contributed by atoms with E-state index in [-0.39, 0.29) is 17.0 Å². The average Bonchev–Trinajstić information content (AvgIpc) is 2.21. The van der Waals surface area contributed by atoms with Gasteiger partial charge in [0.15, 0.2) is 0 Å². The van der Waals surface area contributed by atoms with Gasteiger partial charge in [-0.2, -0.15) is 0 Å². The van der Waals surface area contributed by atoms with Gasteiger partial charge in [0.1, 0.15) is 5.69 Å². The molecule has 0 radical (unpaired) electrons. The highest BCUT2D eigenvalue weighted by molar-refractivity contribution is 8.93. The van der Waals surface area contributed by atoms with Gasteiger partial charge in [-0.3, -0.25) is 0 Å². The third-order valence-electron chi connectivity index (χ3n) is 1.49. The van der Waals surface area contributed by atoms with Crippen molar-refractivity contribution in [1.29, 1.82) is 0 Å². The van der Waals surface area contributed by atoms with Crippen LogP contribution in [0.25, 0.3) is 11.3 Å². The van der Waals surface area contributed by atoms with Gasteiger partial charge in [-0.15, -0.1) is 27.2 Å². The molecular weight excluding hydrogens is 232 g/mol. The zero-order valence-corrected chi connectivity index (χ0v) is 8.37. The molecule has 0 saturated heterocycles. The molecule has 5 heteroatoms. The summed E-state index contributed by atoms with van der Waals surface area (Å²) >= 11 is 0. The molecule has 0 aliphatic rings. The summed E-state index contributed by atoms with van der Waals surface area (Å²) in [6.07, 6.45) is 1.59. The lowest BCUT2D eigenvalue weighted by molar-refractivity contribution is 0.766. The maximum atomic E-state index is 3.83. The molecule has 0 atom stereocenters. The molecule has 0 fully saturated rings. The van der Waals surface area contributed by atoms with Gasteiger partial charge in [-0.05, 0) is 10.4 Å². The fourth-order valence-corrected chi connectivity index (χ4v) is 0.939. The Labute approximate surface area is 85.8 Å².